The van der Waals surface area contributed by atoms with Crippen molar-refractivity contribution < 1.29 is 9.53 Å². The molecule has 2 saturated carbocycles. The molecule has 1 amide bonds. The highest BCUT2D eigenvalue weighted by Gasteiger charge is 2.57. The summed E-state index contributed by atoms with van der Waals surface area (Å²) in [4.78, 5) is 17.5. The summed E-state index contributed by atoms with van der Waals surface area (Å²) < 4.78 is 5.98. The molecular formula is C17H26N2O2. The Morgan fingerprint density at radius 1 is 1.43 bits per heavy atom. The average molecular weight is 290 g/mol. The highest BCUT2D eigenvalue weighted by atomic mass is 16.5. The van der Waals surface area contributed by atoms with Gasteiger partial charge in [-0.3, -0.25) is 4.79 Å². The molecule has 0 unspecified atom stereocenters. The minimum atomic E-state index is 0.126. The molecule has 1 spiro atoms. The Balaban J connectivity index is 1.76. The second-order valence-electron chi connectivity index (χ2n) is 6.51. The van der Waals surface area contributed by atoms with Crippen molar-refractivity contribution in [3.8, 4) is 0 Å². The number of amides is 1. The van der Waals surface area contributed by atoms with E-state index in [1.165, 1.54) is 32.1 Å². The minimum Gasteiger partial charge on any atom is -0.378 e. The first-order valence-corrected chi connectivity index (χ1v) is 8.20. The van der Waals surface area contributed by atoms with Gasteiger partial charge < -0.3 is 14.6 Å². The van der Waals surface area contributed by atoms with Crippen LogP contribution in [0.25, 0.3) is 0 Å². The number of aromatic amines is 1. The van der Waals surface area contributed by atoms with E-state index < -0.39 is 0 Å². The molecular weight excluding hydrogens is 264 g/mol. The fourth-order valence-corrected chi connectivity index (χ4v) is 4.37. The summed E-state index contributed by atoms with van der Waals surface area (Å²) in [6.07, 6.45) is 11.2. The fraction of sp³-hybridized carbons (Fsp3) is 0.706. The molecule has 1 heterocycles. The molecule has 2 fully saturated rings. The van der Waals surface area contributed by atoms with E-state index in [1.807, 2.05) is 18.0 Å². The third-order valence-electron chi connectivity index (χ3n) is 5.53. The van der Waals surface area contributed by atoms with Gasteiger partial charge in [-0.2, -0.15) is 0 Å². The predicted molar refractivity (Wildman–Crippen MR) is 82.2 cm³/mol. The minimum absolute atomic E-state index is 0.126. The van der Waals surface area contributed by atoms with Crippen LogP contribution >= 0.6 is 0 Å². The highest BCUT2D eigenvalue weighted by Crippen LogP contribution is 2.55. The zero-order chi connectivity index (χ0) is 14.9. The molecule has 0 aliphatic heterocycles. The molecule has 116 valence electrons. The molecule has 21 heavy (non-hydrogen) atoms. The van der Waals surface area contributed by atoms with Gasteiger partial charge in [0.15, 0.2) is 0 Å². The number of H-pyrrole nitrogens is 1. The first-order chi connectivity index (χ1) is 10.2. The van der Waals surface area contributed by atoms with Crippen LogP contribution in [0, 0.1) is 5.41 Å². The molecule has 4 nitrogen and oxygen atoms in total. The number of nitrogens with zero attached hydrogens (tertiary/aromatic N) is 1. The van der Waals surface area contributed by atoms with Gasteiger partial charge in [0.05, 0.1) is 11.7 Å². The molecule has 1 N–H and O–H groups in total. The zero-order valence-corrected chi connectivity index (χ0v) is 13.1. The maximum atomic E-state index is 12.6. The van der Waals surface area contributed by atoms with Crippen molar-refractivity contribution in [1.29, 1.82) is 0 Å². The molecule has 3 rings (SSSR count). The van der Waals surface area contributed by atoms with Crippen LogP contribution in [-0.4, -0.2) is 41.6 Å². The lowest BCUT2D eigenvalue weighted by Gasteiger charge is -2.60. The molecule has 0 radical (unpaired) electrons. The van der Waals surface area contributed by atoms with Gasteiger partial charge in [-0.05, 0) is 32.3 Å². The maximum absolute atomic E-state index is 12.6. The van der Waals surface area contributed by atoms with E-state index in [-0.39, 0.29) is 11.3 Å². The van der Waals surface area contributed by atoms with Crippen LogP contribution in [0.2, 0.25) is 0 Å². The van der Waals surface area contributed by atoms with Gasteiger partial charge in [-0.15, -0.1) is 0 Å². The largest absolute Gasteiger partial charge is 0.378 e. The lowest BCUT2D eigenvalue weighted by Crippen LogP contribution is -2.65. The number of rotatable bonds is 4. The van der Waals surface area contributed by atoms with Crippen molar-refractivity contribution in [3.63, 3.8) is 0 Å². The van der Waals surface area contributed by atoms with Crippen molar-refractivity contribution in [1.82, 2.24) is 9.88 Å². The SMILES string of the molecule is CCO[C@H]1C[C@H](N(C)C(=O)c2cc[nH]c2)C12CCCCC2. The Hall–Kier alpha value is -1.29. The van der Waals surface area contributed by atoms with Crippen LogP contribution in [0.5, 0.6) is 0 Å². The lowest BCUT2D eigenvalue weighted by molar-refractivity contribution is -0.170. The van der Waals surface area contributed by atoms with Gasteiger partial charge >= 0.3 is 0 Å². The van der Waals surface area contributed by atoms with Crippen molar-refractivity contribution in [2.45, 2.75) is 57.6 Å². The van der Waals surface area contributed by atoms with E-state index in [2.05, 4.69) is 11.9 Å². The van der Waals surface area contributed by atoms with Gasteiger partial charge in [-0.25, -0.2) is 0 Å². The third-order valence-corrected chi connectivity index (χ3v) is 5.53. The summed E-state index contributed by atoms with van der Waals surface area (Å²) >= 11 is 0. The van der Waals surface area contributed by atoms with Crippen LogP contribution < -0.4 is 0 Å². The summed E-state index contributed by atoms with van der Waals surface area (Å²) in [6.45, 7) is 2.84. The number of aromatic nitrogens is 1. The third kappa shape index (κ3) is 2.39. The molecule has 0 saturated heterocycles. The van der Waals surface area contributed by atoms with Gasteiger partial charge in [0, 0.05) is 37.5 Å². The second kappa shape index (κ2) is 5.84. The van der Waals surface area contributed by atoms with Gasteiger partial charge in [0.1, 0.15) is 0 Å². The summed E-state index contributed by atoms with van der Waals surface area (Å²) in [5.41, 5.74) is 0.956. The number of nitrogens with one attached hydrogen (secondary N) is 1. The first-order valence-electron chi connectivity index (χ1n) is 8.20. The molecule has 4 heteroatoms. The predicted octanol–water partition coefficient (Wildman–Crippen LogP) is 3.21. The van der Waals surface area contributed by atoms with Crippen LogP contribution in [0.4, 0.5) is 0 Å². The topological polar surface area (TPSA) is 45.3 Å². The Morgan fingerprint density at radius 2 is 2.19 bits per heavy atom. The monoisotopic (exact) mass is 290 g/mol. The van der Waals surface area contributed by atoms with Crippen molar-refractivity contribution in [2.75, 3.05) is 13.7 Å². The van der Waals surface area contributed by atoms with E-state index in [0.29, 0.717) is 12.1 Å². The van der Waals surface area contributed by atoms with Crippen molar-refractivity contribution in [2.24, 2.45) is 5.41 Å². The van der Waals surface area contributed by atoms with Gasteiger partial charge in [0.25, 0.3) is 5.91 Å². The second-order valence-corrected chi connectivity index (χ2v) is 6.51. The number of hydrogen-bond donors (Lipinski definition) is 1. The summed E-state index contributed by atoms with van der Waals surface area (Å²) in [5, 5.41) is 0. The lowest BCUT2D eigenvalue weighted by atomic mass is 9.54. The van der Waals surface area contributed by atoms with Crippen LogP contribution in [-0.2, 0) is 4.74 Å². The summed E-state index contributed by atoms with van der Waals surface area (Å²) in [7, 11) is 1.96. The Kier molecular flexibility index (Phi) is 4.07. The zero-order valence-electron chi connectivity index (χ0n) is 13.1. The van der Waals surface area contributed by atoms with E-state index >= 15 is 0 Å². The quantitative estimate of drug-likeness (QED) is 0.925. The molecule has 0 bridgehead atoms. The first kappa shape index (κ1) is 14.6. The molecule has 0 aromatic carbocycles. The van der Waals surface area contributed by atoms with E-state index in [9.17, 15) is 4.79 Å². The molecule has 1 aromatic heterocycles. The summed E-state index contributed by atoms with van der Waals surface area (Å²) in [5.74, 6) is 0.126. The van der Waals surface area contributed by atoms with Crippen molar-refractivity contribution >= 4 is 5.91 Å². The normalized spacial score (nSPS) is 27.3. The van der Waals surface area contributed by atoms with Crippen LogP contribution in [0.3, 0.4) is 0 Å². The number of hydrogen-bond acceptors (Lipinski definition) is 2. The van der Waals surface area contributed by atoms with Gasteiger partial charge in [-0.1, -0.05) is 19.3 Å². The number of carbonyl (C=O) groups is 1. The molecule has 2 atom stereocenters. The Bertz CT molecular complexity index is 477. The van der Waals surface area contributed by atoms with Crippen LogP contribution in [0.15, 0.2) is 18.5 Å². The van der Waals surface area contributed by atoms with Gasteiger partial charge in [0.2, 0.25) is 0 Å². The van der Waals surface area contributed by atoms with Crippen molar-refractivity contribution in [3.05, 3.63) is 24.0 Å². The average Bonchev–Trinajstić information content (AvgIpc) is 3.05. The maximum Gasteiger partial charge on any atom is 0.255 e. The molecule has 1 aromatic rings. The Labute approximate surface area is 126 Å². The number of carbonyl (C=O) groups excluding carboxylic acids is 1. The van der Waals surface area contributed by atoms with Crippen LogP contribution in [0.1, 0.15) is 55.8 Å². The standard InChI is InChI=1S/C17H26N2O2/c1-3-21-15-11-14(17(15)8-5-4-6-9-17)19(2)16(20)13-7-10-18-12-13/h7,10,12,14-15,18H,3-6,8-9,11H2,1-2H3/t14-,15-/m0/s1. The highest BCUT2D eigenvalue weighted by molar-refractivity contribution is 5.94. The van der Waals surface area contributed by atoms with E-state index in [1.54, 1.807) is 12.4 Å². The van der Waals surface area contributed by atoms with E-state index in [0.717, 1.165) is 18.6 Å². The van der Waals surface area contributed by atoms with E-state index in [4.69, 9.17) is 4.74 Å². The number of ether oxygens (including phenoxy) is 1. The molecule has 2 aliphatic carbocycles. The Morgan fingerprint density at radius 3 is 2.81 bits per heavy atom. The molecule has 2 aliphatic rings. The fourth-order valence-electron chi connectivity index (χ4n) is 4.37. The smallest absolute Gasteiger partial charge is 0.255 e. The summed E-state index contributed by atoms with van der Waals surface area (Å²) in [6, 6.07) is 2.18.